The summed E-state index contributed by atoms with van der Waals surface area (Å²) in [6.07, 6.45) is 5.02. The fourth-order valence-electron chi connectivity index (χ4n) is 2.56. The molecule has 0 saturated carbocycles. The molecule has 3 aromatic rings. The van der Waals surface area contributed by atoms with Gasteiger partial charge in [-0.25, -0.2) is 0 Å². The van der Waals surface area contributed by atoms with Gasteiger partial charge in [-0.2, -0.15) is 10.2 Å². The van der Waals surface area contributed by atoms with Gasteiger partial charge in [-0.05, 0) is 38.1 Å². The molecule has 122 valence electrons. The van der Waals surface area contributed by atoms with E-state index in [0.717, 1.165) is 33.9 Å². The van der Waals surface area contributed by atoms with E-state index in [2.05, 4.69) is 20.6 Å². The number of nitrogens with one attached hydrogen (secondary N) is 2. The molecule has 2 aromatic heterocycles. The Hall–Kier alpha value is -3.15. The second-order valence-electron chi connectivity index (χ2n) is 5.58. The van der Waals surface area contributed by atoms with Crippen LogP contribution < -0.4 is 5.32 Å². The van der Waals surface area contributed by atoms with Crippen molar-refractivity contribution in [2.75, 3.05) is 5.32 Å². The standard InChI is InChI=1S/C18H19N5O/c1-12-16(13(2)23(3)22-12)7-8-18(24)20-15-6-4-5-14(11-15)17-9-10-19-21-17/h4-11H,1-3H3,(H,19,21)(H,20,24)/b8-7+. The Morgan fingerprint density at radius 2 is 2.12 bits per heavy atom. The lowest BCUT2D eigenvalue weighted by Gasteiger charge is -2.04. The van der Waals surface area contributed by atoms with Gasteiger partial charge >= 0.3 is 0 Å². The minimum Gasteiger partial charge on any atom is -0.322 e. The number of aromatic amines is 1. The van der Waals surface area contributed by atoms with Crippen molar-refractivity contribution >= 4 is 17.7 Å². The van der Waals surface area contributed by atoms with Crippen molar-refractivity contribution in [2.45, 2.75) is 13.8 Å². The van der Waals surface area contributed by atoms with E-state index in [0.29, 0.717) is 0 Å². The number of aryl methyl sites for hydroxylation is 2. The summed E-state index contributed by atoms with van der Waals surface area (Å²) in [5.74, 6) is -0.181. The number of hydrogen-bond donors (Lipinski definition) is 2. The zero-order valence-corrected chi connectivity index (χ0v) is 13.9. The normalized spacial score (nSPS) is 11.1. The van der Waals surface area contributed by atoms with Gasteiger partial charge in [-0.3, -0.25) is 14.6 Å². The van der Waals surface area contributed by atoms with Crippen LogP contribution in [0.3, 0.4) is 0 Å². The number of aromatic nitrogens is 4. The highest BCUT2D eigenvalue weighted by Crippen LogP contribution is 2.20. The second-order valence-corrected chi connectivity index (χ2v) is 5.58. The largest absolute Gasteiger partial charge is 0.322 e. The van der Waals surface area contributed by atoms with Crippen molar-refractivity contribution < 1.29 is 4.79 Å². The summed E-state index contributed by atoms with van der Waals surface area (Å²) >= 11 is 0. The molecular formula is C18H19N5O. The molecule has 0 radical (unpaired) electrons. The lowest BCUT2D eigenvalue weighted by molar-refractivity contribution is -0.111. The molecular weight excluding hydrogens is 302 g/mol. The lowest BCUT2D eigenvalue weighted by atomic mass is 10.1. The van der Waals surface area contributed by atoms with Crippen molar-refractivity contribution in [2.24, 2.45) is 7.05 Å². The van der Waals surface area contributed by atoms with Crippen LogP contribution in [0.5, 0.6) is 0 Å². The quantitative estimate of drug-likeness (QED) is 0.725. The Morgan fingerprint density at radius 1 is 1.29 bits per heavy atom. The number of anilines is 1. The molecule has 2 N–H and O–H groups in total. The minimum absolute atomic E-state index is 0.181. The number of H-pyrrole nitrogens is 1. The van der Waals surface area contributed by atoms with Gasteiger partial charge < -0.3 is 5.32 Å². The molecule has 1 amide bonds. The molecule has 0 unspecified atom stereocenters. The zero-order chi connectivity index (χ0) is 17.1. The first-order valence-electron chi connectivity index (χ1n) is 7.63. The summed E-state index contributed by atoms with van der Waals surface area (Å²) in [6.45, 7) is 3.91. The minimum atomic E-state index is -0.181. The van der Waals surface area contributed by atoms with Gasteiger partial charge in [0.25, 0.3) is 0 Å². The smallest absolute Gasteiger partial charge is 0.248 e. The Morgan fingerprint density at radius 3 is 2.79 bits per heavy atom. The fraction of sp³-hybridized carbons (Fsp3) is 0.167. The zero-order valence-electron chi connectivity index (χ0n) is 13.9. The van der Waals surface area contributed by atoms with Crippen LogP contribution >= 0.6 is 0 Å². The Bertz CT molecular complexity index is 890. The summed E-state index contributed by atoms with van der Waals surface area (Å²) in [7, 11) is 1.89. The van der Waals surface area contributed by atoms with E-state index >= 15 is 0 Å². The molecule has 0 aliphatic carbocycles. The maximum atomic E-state index is 12.2. The number of carbonyl (C=O) groups is 1. The molecule has 24 heavy (non-hydrogen) atoms. The maximum absolute atomic E-state index is 12.2. The van der Waals surface area contributed by atoms with Crippen LogP contribution in [-0.4, -0.2) is 25.9 Å². The summed E-state index contributed by atoms with van der Waals surface area (Å²) in [5, 5.41) is 14.1. The van der Waals surface area contributed by atoms with Crippen LogP contribution in [0.1, 0.15) is 17.0 Å². The first-order chi connectivity index (χ1) is 11.5. The number of nitrogens with zero attached hydrogens (tertiary/aromatic N) is 3. The van der Waals surface area contributed by atoms with Crippen LogP contribution in [0.25, 0.3) is 17.3 Å². The number of amides is 1. The molecule has 6 nitrogen and oxygen atoms in total. The highest BCUT2D eigenvalue weighted by molar-refractivity contribution is 6.02. The highest BCUT2D eigenvalue weighted by Gasteiger charge is 2.07. The number of benzene rings is 1. The van der Waals surface area contributed by atoms with Crippen LogP contribution in [0, 0.1) is 13.8 Å². The SMILES string of the molecule is Cc1nn(C)c(C)c1/C=C/C(=O)Nc1cccc(-c2ccn[nH]2)c1. The third-order valence-electron chi connectivity index (χ3n) is 3.91. The van der Waals surface area contributed by atoms with Gasteiger partial charge in [0.05, 0.1) is 11.4 Å². The topological polar surface area (TPSA) is 75.6 Å². The molecule has 6 heteroatoms. The summed E-state index contributed by atoms with van der Waals surface area (Å²) in [5.41, 5.74) is 5.50. The third kappa shape index (κ3) is 3.27. The number of carbonyl (C=O) groups excluding carboxylic acids is 1. The van der Waals surface area contributed by atoms with Gasteiger partial charge in [-0.1, -0.05) is 12.1 Å². The molecule has 0 fully saturated rings. The molecule has 0 bridgehead atoms. The van der Waals surface area contributed by atoms with Crippen molar-refractivity contribution in [3.05, 3.63) is 59.6 Å². The van der Waals surface area contributed by atoms with E-state index in [1.54, 1.807) is 17.0 Å². The van der Waals surface area contributed by atoms with Crippen molar-refractivity contribution in [3.8, 4) is 11.3 Å². The Balaban J connectivity index is 1.73. The van der Waals surface area contributed by atoms with Crippen molar-refractivity contribution in [1.29, 1.82) is 0 Å². The Kier molecular flexibility index (Phi) is 4.29. The van der Waals surface area contributed by atoms with E-state index in [-0.39, 0.29) is 5.91 Å². The molecule has 0 aliphatic rings. The monoisotopic (exact) mass is 321 g/mol. The average molecular weight is 321 g/mol. The number of hydrogen-bond acceptors (Lipinski definition) is 3. The van der Waals surface area contributed by atoms with Crippen molar-refractivity contribution in [1.82, 2.24) is 20.0 Å². The van der Waals surface area contributed by atoms with Crippen molar-refractivity contribution in [3.63, 3.8) is 0 Å². The van der Waals surface area contributed by atoms with Crippen LogP contribution in [-0.2, 0) is 11.8 Å². The molecule has 1 aromatic carbocycles. The Labute approximate surface area is 140 Å². The second kappa shape index (κ2) is 6.54. The van der Waals surface area contributed by atoms with Crippen LogP contribution in [0.4, 0.5) is 5.69 Å². The maximum Gasteiger partial charge on any atom is 0.248 e. The van der Waals surface area contributed by atoms with E-state index in [1.165, 1.54) is 6.08 Å². The molecule has 3 rings (SSSR count). The molecule has 0 atom stereocenters. The molecule has 0 saturated heterocycles. The first-order valence-corrected chi connectivity index (χ1v) is 7.63. The molecule has 2 heterocycles. The van der Waals surface area contributed by atoms with E-state index in [1.807, 2.05) is 51.2 Å². The van der Waals surface area contributed by atoms with E-state index < -0.39 is 0 Å². The van der Waals surface area contributed by atoms with Crippen LogP contribution in [0.2, 0.25) is 0 Å². The molecule has 0 spiro atoms. The fourth-order valence-corrected chi connectivity index (χ4v) is 2.56. The highest BCUT2D eigenvalue weighted by atomic mass is 16.1. The van der Waals surface area contributed by atoms with E-state index in [9.17, 15) is 4.79 Å². The van der Waals surface area contributed by atoms with Gasteiger partial charge in [0.2, 0.25) is 5.91 Å². The number of rotatable bonds is 4. The first kappa shape index (κ1) is 15.7. The van der Waals surface area contributed by atoms with E-state index in [4.69, 9.17) is 0 Å². The lowest BCUT2D eigenvalue weighted by Crippen LogP contribution is -2.07. The predicted molar refractivity (Wildman–Crippen MR) is 94.4 cm³/mol. The predicted octanol–water partition coefficient (Wildman–Crippen LogP) is 3.08. The summed E-state index contributed by atoms with van der Waals surface area (Å²) in [6, 6.07) is 9.49. The van der Waals surface area contributed by atoms with Gasteiger partial charge in [0.1, 0.15) is 0 Å². The van der Waals surface area contributed by atoms with Crippen LogP contribution in [0.15, 0.2) is 42.6 Å². The molecule has 0 aliphatic heterocycles. The summed E-state index contributed by atoms with van der Waals surface area (Å²) < 4.78 is 1.81. The third-order valence-corrected chi connectivity index (χ3v) is 3.91. The summed E-state index contributed by atoms with van der Waals surface area (Å²) in [4.78, 5) is 12.2. The van der Waals surface area contributed by atoms with Gasteiger partial charge in [0.15, 0.2) is 0 Å². The van der Waals surface area contributed by atoms with Gasteiger partial charge in [-0.15, -0.1) is 0 Å². The van der Waals surface area contributed by atoms with Gasteiger partial charge in [0, 0.05) is 41.8 Å². The average Bonchev–Trinajstić information content (AvgIpc) is 3.16.